The van der Waals surface area contributed by atoms with Crippen LogP contribution in [0.5, 0.6) is 11.5 Å². The van der Waals surface area contributed by atoms with Crippen molar-refractivity contribution in [1.29, 1.82) is 0 Å². The van der Waals surface area contributed by atoms with E-state index in [1.165, 1.54) is 0 Å². The number of amides is 1. The van der Waals surface area contributed by atoms with E-state index in [0.29, 0.717) is 35.4 Å². The lowest BCUT2D eigenvalue weighted by Crippen LogP contribution is -2.24. The van der Waals surface area contributed by atoms with Gasteiger partial charge < -0.3 is 14.8 Å². The number of benzene rings is 3. The van der Waals surface area contributed by atoms with Gasteiger partial charge in [0.05, 0.1) is 24.4 Å². The van der Waals surface area contributed by atoms with Crippen LogP contribution in [0.4, 0.5) is 5.69 Å². The zero-order valence-corrected chi connectivity index (χ0v) is 19.6. The normalized spacial score (nSPS) is 11.9. The van der Waals surface area contributed by atoms with Crippen molar-refractivity contribution in [3.05, 3.63) is 71.8 Å². The van der Waals surface area contributed by atoms with Gasteiger partial charge in [-0.05, 0) is 51.1 Å². The second kappa shape index (κ2) is 9.96. The van der Waals surface area contributed by atoms with Gasteiger partial charge in [-0.15, -0.1) is 0 Å². The van der Waals surface area contributed by atoms with Gasteiger partial charge in [-0.2, -0.15) is 5.10 Å². The standard InChI is InChI=1S/C26H26ClN3O3/c1-4-32-20-12-14-24(33-5-2)22(16-20)28-26(31)17(3)30-23-13-11-19(27)15-21(23)25(29-30)18-9-7-6-8-10-18/h6-17H,4-5H2,1-3H3,(H,28,31)/t17-/m1/s1. The maximum absolute atomic E-state index is 13.3. The van der Waals surface area contributed by atoms with Crippen LogP contribution >= 0.6 is 11.6 Å². The van der Waals surface area contributed by atoms with Gasteiger partial charge in [-0.3, -0.25) is 9.48 Å². The first-order chi connectivity index (χ1) is 16.0. The minimum atomic E-state index is -0.587. The number of nitrogens with one attached hydrogen (secondary N) is 1. The van der Waals surface area contributed by atoms with Crippen LogP contribution in [0.2, 0.25) is 5.02 Å². The van der Waals surface area contributed by atoms with Crippen molar-refractivity contribution in [1.82, 2.24) is 9.78 Å². The van der Waals surface area contributed by atoms with E-state index in [2.05, 4.69) is 5.32 Å². The van der Waals surface area contributed by atoms with Crippen LogP contribution in [0.1, 0.15) is 26.8 Å². The van der Waals surface area contributed by atoms with Crippen LogP contribution in [0.15, 0.2) is 66.7 Å². The zero-order valence-electron chi connectivity index (χ0n) is 18.8. The molecular weight excluding hydrogens is 438 g/mol. The SMILES string of the molecule is CCOc1ccc(OCC)c(NC(=O)[C@@H](C)n2nc(-c3ccccc3)c3cc(Cl)ccc32)c1. The van der Waals surface area contributed by atoms with Gasteiger partial charge in [0.15, 0.2) is 0 Å². The number of carbonyl (C=O) groups excluding carboxylic acids is 1. The quantitative estimate of drug-likeness (QED) is 0.330. The summed E-state index contributed by atoms with van der Waals surface area (Å²) in [4.78, 5) is 13.3. The molecule has 0 radical (unpaired) electrons. The maximum atomic E-state index is 13.3. The molecule has 33 heavy (non-hydrogen) atoms. The first-order valence-electron chi connectivity index (χ1n) is 11.0. The van der Waals surface area contributed by atoms with E-state index >= 15 is 0 Å². The molecule has 0 spiro atoms. The number of hydrogen-bond donors (Lipinski definition) is 1. The summed E-state index contributed by atoms with van der Waals surface area (Å²) < 4.78 is 13.0. The van der Waals surface area contributed by atoms with Crippen LogP contribution < -0.4 is 14.8 Å². The zero-order chi connectivity index (χ0) is 23.4. The van der Waals surface area contributed by atoms with E-state index in [4.69, 9.17) is 26.2 Å². The molecule has 0 unspecified atom stereocenters. The number of carbonyl (C=O) groups is 1. The van der Waals surface area contributed by atoms with Crippen LogP contribution in [0.3, 0.4) is 0 Å². The molecular formula is C26H26ClN3O3. The highest BCUT2D eigenvalue weighted by Gasteiger charge is 2.22. The third-order valence-corrected chi connectivity index (χ3v) is 5.52. The number of fused-ring (bicyclic) bond motifs is 1. The molecule has 0 bridgehead atoms. The summed E-state index contributed by atoms with van der Waals surface area (Å²) in [5, 5.41) is 9.30. The van der Waals surface area contributed by atoms with E-state index in [-0.39, 0.29) is 5.91 Å². The monoisotopic (exact) mass is 463 g/mol. The summed E-state index contributed by atoms with van der Waals surface area (Å²) in [5.41, 5.74) is 3.12. The molecule has 1 aromatic heterocycles. The summed E-state index contributed by atoms with van der Waals surface area (Å²) in [5.74, 6) is 1.03. The van der Waals surface area contributed by atoms with E-state index in [0.717, 1.165) is 22.2 Å². The summed E-state index contributed by atoms with van der Waals surface area (Å²) in [6.45, 7) is 6.64. The van der Waals surface area contributed by atoms with Crippen molar-refractivity contribution in [3.8, 4) is 22.8 Å². The van der Waals surface area contributed by atoms with Crippen molar-refractivity contribution in [3.63, 3.8) is 0 Å². The van der Waals surface area contributed by atoms with Crippen LogP contribution in [0.25, 0.3) is 22.2 Å². The van der Waals surface area contributed by atoms with Crippen LogP contribution in [-0.4, -0.2) is 28.9 Å². The molecule has 1 N–H and O–H groups in total. The van der Waals surface area contributed by atoms with Gasteiger partial charge in [0.1, 0.15) is 23.2 Å². The minimum Gasteiger partial charge on any atom is -0.494 e. The highest BCUT2D eigenvalue weighted by atomic mass is 35.5. The molecule has 0 aliphatic carbocycles. The Kier molecular flexibility index (Phi) is 6.84. The Balaban J connectivity index is 1.70. The summed E-state index contributed by atoms with van der Waals surface area (Å²) in [6, 6.07) is 20.2. The largest absolute Gasteiger partial charge is 0.494 e. The Morgan fingerprint density at radius 2 is 1.79 bits per heavy atom. The van der Waals surface area contributed by atoms with E-state index in [1.54, 1.807) is 22.9 Å². The average Bonchev–Trinajstić information content (AvgIpc) is 3.19. The fourth-order valence-electron chi connectivity index (χ4n) is 3.71. The van der Waals surface area contributed by atoms with Crippen molar-refractivity contribution in [2.45, 2.75) is 26.8 Å². The van der Waals surface area contributed by atoms with Gasteiger partial charge in [0.2, 0.25) is 5.91 Å². The molecule has 0 saturated heterocycles. The first kappa shape index (κ1) is 22.7. The third-order valence-electron chi connectivity index (χ3n) is 5.28. The number of halogens is 1. The molecule has 0 aliphatic rings. The van der Waals surface area contributed by atoms with Crippen molar-refractivity contribution in [2.24, 2.45) is 0 Å². The first-order valence-corrected chi connectivity index (χ1v) is 11.3. The Bertz CT molecular complexity index is 1270. The molecule has 0 aliphatic heterocycles. The molecule has 6 nitrogen and oxygen atoms in total. The lowest BCUT2D eigenvalue weighted by Gasteiger charge is -2.17. The third kappa shape index (κ3) is 4.81. The Morgan fingerprint density at radius 3 is 2.52 bits per heavy atom. The number of anilines is 1. The second-order valence-electron chi connectivity index (χ2n) is 7.51. The molecule has 4 aromatic rings. The van der Waals surface area contributed by atoms with Crippen molar-refractivity contribution < 1.29 is 14.3 Å². The molecule has 0 fully saturated rings. The van der Waals surface area contributed by atoms with E-state index < -0.39 is 6.04 Å². The van der Waals surface area contributed by atoms with Crippen LogP contribution in [0, 0.1) is 0 Å². The number of rotatable bonds is 8. The van der Waals surface area contributed by atoms with Crippen molar-refractivity contribution >= 4 is 34.1 Å². The Labute approximate surface area is 198 Å². The van der Waals surface area contributed by atoms with Gasteiger partial charge >= 0.3 is 0 Å². The molecule has 170 valence electrons. The Hall–Kier alpha value is -3.51. The van der Waals surface area contributed by atoms with Gasteiger partial charge in [-0.1, -0.05) is 41.9 Å². The number of aromatic nitrogens is 2. The highest BCUT2D eigenvalue weighted by Crippen LogP contribution is 2.33. The molecule has 1 atom stereocenters. The van der Waals surface area contributed by atoms with Crippen molar-refractivity contribution in [2.75, 3.05) is 18.5 Å². The summed E-state index contributed by atoms with van der Waals surface area (Å²) >= 11 is 6.28. The topological polar surface area (TPSA) is 65.4 Å². The highest BCUT2D eigenvalue weighted by molar-refractivity contribution is 6.31. The summed E-state index contributed by atoms with van der Waals surface area (Å²) in [7, 11) is 0. The fourth-order valence-corrected chi connectivity index (χ4v) is 3.88. The predicted molar refractivity (Wildman–Crippen MR) is 132 cm³/mol. The Morgan fingerprint density at radius 1 is 1.03 bits per heavy atom. The molecule has 7 heteroatoms. The number of nitrogens with zero attached hydrogens (tertiary/aromatic N) is 2. The fraction of sp³-hybridized carbons (Fsp3) is 0.231. The lowest BCUT2D eigenvalue weighted by atomic mass is 10.1. The molecule has 4 rings (SSSR count). The van der Waals surface area contributed by atoms with E-state index in [1.807, 2.05) is 69.3 Å². The van der Waals surface area contributed by atoms with Gasteiger partial charge in [0, 0.05) is 22.0 Å². The minimum absolute atomic E-state index is 0.219. The number of hydrogen-bond acceptors (Lipinski definition) is 4. The molecule has 0 saturated carbocycles. The average molecular weight is 464 g/mol. The second-order valence-corrected chi connectivity index (χ2v) is 7.95. The summed E-state index contributed by atoms with van der Waals surface area (Å²) in [6.07, 6.45) is 0. The predicted octanol–water partition coefficient (Wildman–Crippen LogP) is 6.35. The molecule has 3 aromatic carbocycles. The maximum Gasteiger partial charge on any atom is 0.249 e. The molecule has 1 heterocycles. The smallest absolute Gasteiger partial charge is 0.249 e. The number of ether oxygens (including phenoxy) is 2. The van der Waals surface area contributed by atoms with Crippen LogP contribution in [-0.2, 0) is 4.79 Å². The van der Waals surface area contributed by atoms with Gasteiger partial charge in [-0.25, -0.2) is 0 Å². The molecule has 1 amide bonds. The van der Waals surface area contributed by atoms with E-state index in [9.17, 15) is 4.79 Å². The van der Waals surface area contributed by atoms with Gasteiger partial charge in [0.25, 0.3) is 0 Å². The lowest BCUT2D eigenvalue weighted by molar-refractivity contribution is -0.119.